The van der Waals surface area contributed by atoms with Crippen molar-refractivity contribution < 1.29 is 14.3 Å². The summed E-state index contributed by atoms with van der Waals surface area (Å²) in [5, 5.41) is 6.79. The molecule has 39 heavy (non-hydrogen) atoms. The number of rotatable bonds is 8. The van der Waals surface area contributed by atoms with Crippen molar-refractivity contribution in [2.24, 2.45) is 0 Å². The highest BCUT2D eigenvalue weighted by molar-refractivity contribution is 9.10. The number of benzene rings is 3. The van der Waals surface area contributed by atoms with Crippen LogP contribution in [0.5, 0.6) is 17.2 Å². The molecule has 0 saturated carbocycles. The van der Waals surface area contributed by atoms with Gasteiger partial charge in [0.1, 0.15) is 17.2 Å². The number of carbonyl (C=O) groups is 1. The van der Waals surface area contributed by atoms with Crippen molar-refractivity contribution in [3.05, 3.63) is 102 Å². The van der Waals surface area contributed by atoms with Crippen LogP contribution in [0.25, 0.3) is 5.69 Å². The van der Waals surface area contributed by atoms with E-state index in [-0.39, 0.29) is 6.54 Å². The van der Waals surface area contributed by atoms with Gasteiger partial charge in [-0.25, -0.2) is 4.79 Å². The van der Waals surface area contributed by atoms with Gasteiger partial charge in [0.25, 0.3) is 11.5 Å². The number of aromatic nitrogens is 3. The van der Waals surface area contributed by atoms with E-state index in [1.165, 1.54) is 0 Å². The number of aromatic amines is 1. The lowest BCUT2D eigenvalue weighted by Crippen LogP contribution is -2.39. The van der Waals surface area contributed by atoms with Crippen LogP contribution in [-0.2, 0) is 6.54 Å². The van der Waals surface area contributed by atoms with Crippen LogP contribution in [-0.4, -0.2) is 41.9 Å². The van der Waals surface area contributed by atoms with Crippen molar-refractivity contribution >= 4 is 27.5 Å². The van der Waals surface area contributed by atoms with E-state index in [0.29, 0.717) is 22.9 Å². The average molecular weight is 594 g/mol. The third-order valence-electron chi connectivity index (χ3n) is 5.98. The Balaban J connectivity index is 1.58. The second-order valence-corrected chi connectivity index (χ2v) is 9.92. The molecular weight excluding hydrogens is 566 g/mol. The molecule has 0 aliphatic heterocycles. The van der Waals surface area contributed by atoms with Gasteiger partial charge in [0.05, 0.1) is 17.3 Å². The summed E-state index contributed by atoms with van der Waals surface area (Å²) >= 11 is 3.45. The fourth-order valence-corrected chi connectivity index (χ4v) is 4.46. The number of halogens is 1. The average Bonchev–Trinajstić information content (AvgIpc) is 2.89. The number of nitrogens with one attached hydrogen (secondary N) is 2. The molecule has 0 spiro atoms. The van der Waals surface area contributed by atoms with Gasteiger partial charge in [0, 0.05) is 26.3 Å². The molecule has 0 bridgehead atoms. The van der Waals surface area contributed by atoms with Crippen LogP contribution in [0.1, 0.15) is 27.2 Å². The molecule has 0 aliphatic rings. The minimum atomic E-state index is -0.866. The Labute approximate surface area is 233 Å². The standard InChI is InChI=1S/C28H28BrN5O5/c1-16-12-20(13-17(2)25(16)39-21-10-11-23(38-5)22(29)14-21)34-28(37)31-27(36)24(32-34)26(35)30-15-18-6-8-19(9-7-18)33(3)4/h6-14H,15H2,1-5H3,(H,30,35)(H,31,36,37). The number of hydrogen-bond donors (Lipinski definition) is 2. The monoisotopic (exact) mass is 593 g/mol. The Morgan fingerprint density at radius 3 is 2.31 bits per heavy atom. The SMILES string of the molecule is COc1ccc(Oc2c(C)cc(-n3nc(C(=O)NCc4ccc(N(C)C)cc4)c(=O)[nH]c3=O)cc2C)cc1Br. The summed E-state index contributed by atoms with van der Waals surface area (Å²) in [5.74, 6) is 1.18. The van der Waals surface area contributed by atoms with Crippen molar-refractivity contribution in [2.45, 2.75) is 20.4 Å². The number of nitrogens with zero attached hydrogens (tertiary/aromatic N) is 3. The summed E-state index contributed by atoms with van der Waals surface area (Å²) in [6, 6.07) is 16.4. The number of H-pyrrole nitrogens is 1. The fraction of sp³-hybridized carbons (Fsp3) is 0.214. The Morgan fingerprint density at radius 2 is 1.72 bits per heavy atom. The molecule has 1 aromatic heterocycles. The minimum Gasteiger partial charge on any atom is -0.496 e. The Hall–Kier alpha value is -4.38. The van der Waals surface area contributed by atoms with Crippen LogP contribution < -0.4 is 30.9 Å². The summed E-state index contributed by atoms with van der Waals surface area (Å²) in [6.45, 7) is 3.85. The van der Waals surface area contributed by atoms with Gasteiger partial charge < -0.3 is 19.7 Å². The van der Waals surface area contributed by atoms with Gasteiger partial charge >= 0.3 is 5.69 Å². The fourth-order valence-electron chi connectivity index (χ4n) is 3.94. The highest BCUT2D eigenvalue weighted by Crippen LogP contribution is 2.34. The lowest BCUT2D eigenvalue weighted by atomic mass is 10.1. The molecule has 10 nitrogen and oxygen atoms in total. The molecular formula is C28H28BrN5O5. The van der Waals surface area contributed by atoms with Crippen LogP contribution in [0.3, 0.4) is 0 Å². The number of amides is 1. The van der Waals surface area contributed by atoms with Gasteiger partial charge in [0.2, 0.25) is 5.69 Å². The summed E-state index contributed by atoms with van der Waals surface area (Å²) in [7, 11) is 5.46. The predicted molar refractivity (Wildman–Crippen MR) is 153 cm³/mol. The number of hydrogen-bond acceptors (Lipinski definition) is 7. The van der Waals surface area contributed by atoms with Gasteiger partial charge in [0.15, 0.2) is 0 Å². The largest absolute Gasteiger partial charge is 0.496 e. The zero-order chi connectivity index (χ0) is 28.3. The third-order valence-corrected chi connectivity index (χ3v) is 6.60. The van der Waals surface area contributed by atoms with E-state index in [1.54, 1.807) is 37.4 Å². The first-order valence-electron chi connectivity index (χ1n) is 12.0. The Morgan fingerprint density at radius 1 is 1.05 bits per heavy atom. The highest BCUT2D eigenvalue weighted by atomic mass is 79.9. The van der Waals surface area contributed by atoms with Crippen molar-refractivity contribution in [2.75, 3.05) is 26.1 Å². The second-order valence-electron chi connectivity index (χ2n) is 9.07. The molecule has 4 aromatic rings. The number of carbonyl (C=O) groups excluding carboxylic acids is 1. The maximum atomic E-state index is 12.8. The summed E-state index contributed by atoms with van der Waals surface area (Å²) in [5.41, 5.74) is 1.66. The van der Waals surface area contributed by atoms with Crippen molar-refractivity contribution in [1.82, 2.24) is 20.1 Å². The van der Waals surface area contributed by atoms with Gasteiger partial charge in [-0.3, -0.25) is 14.6 Å². The molecule has 0 unspecified atom stereocenters. The third kappa shape index (κ3) is 6.20. The second kappa shape index (κ2) is 11.6. The Kier molecular flexibility index (Phi) is 8.20. The van der Waals surface area contributed by atoms with Crippen LogP contribution in [0.2, 0.25) is 0 Å². The molecule has 202 valence electrons. The molecule has 3 aromatic carbocycles. The number of ether oxygens (including phenoxy) is 2. The summed E-state index contributed by atoms with van der Waals surface area (Å²) < 4.78 is 13.1. The lowest BCUT2D eigenvalue weighted by molar-refractivity contribution is 0.0942. The first-order valence-corrected chi connectivity index (χ1v) is 12.8. The normalized spacial score (nSPS) is 10.7. The molecule has 2 N–H and O–H groups in total. The van der Waals surface area contributed by atoms with Gasteiger partial charge in [-0.1, -0.05) is 12.1 Å². The van der Waals surface area contributed by atoms with E-state index in [1.807, 2.05) is 57.1 Å². The van der Waals surface area contributed by atoms with E-state index in [9.17, 15) is 14.4 Å². The molecule has 0 fully saturated rings. The molecule has 0 saturated heterocycles. The smallest absolute Gasteiger partial charge is 0.349 e. The van der Waals surface area contributed by atoms with E-state index < -0.39 is 22.9 Å². The summed E-state index contributed by atoms with van der Waals surface area (Å²) in [4.78, 5) is 42.0. The van der Waals surface area contributed by atoms with E-state index in [0.717, 1.165) is 31.5 Å². The van der Waals surface area contributed by atoms with E-state index in [2.05, 4.69) is 31.3 Å². The van der Waals surface area contributed by atoms with Gasteiger partial charge in [-0.2, -0.15) is 9.78 Å². The lowest BCUT2D eigenvalue weighted by Gasteiger charge is -2.15. The maximum absolute atomic E-state index is 12.8. The van der Waals surface area contributed by atoms with Crippen LogP contribution in [0.15, 0.2) is 68.7 Å². The quantitative estimate of drug-likeness (QED) is 0.316. The van der Waals surface area contributed by atoms with Gasteiger partial charge in [-0.05, 0) is 88.9 Å². The molecule has 4 rings (SSSR count). The molecule has 0 aliphatic carbocycles. The molecule has 1 amide bonds. The number of methoxy groups -OCH3 is 1. The molecule has 1 heterocycles. The predicted octanol–water partition coefficient (Wildman–Crippen LogP) is 4.10. The van der Waals surface area contributed by atoms with E-state index >= 15 is 0 Å². The van der Waals surface area contributed by atoms with Crippen LogP contribution >= 0.6 is 15.9 Å². The van der Waals surface area contributed by atoms with Crippen molar-refractivity contribution in [1.29, 1.82) is 0 Å². The molecule has 0 radical (unpaired) electrons. The minimum absolute atomic E-state index is 0.193. The van der Waals surface area contributed by atoms with Crippen LogP contribution in [0, 0.1) is 13.8 Å². The zero-order valence-corrected chi connectivity index (χ0v) is 23.8. The van der Waals surface area contributed by atoms with Gasteiger partial charge in [-0.15, -0.1) is 0 Å². The molecule has 0 atom stereocenters. The highest BCUT2D eigenvalue weighted by Gasteiger charge is 2.18. The van der Waals surface area contributed by atoms with Crippen LogP contribution in [0.4, 0.5) is 5.69 Å². The summed E-state index contributed by atoms with van der Waals surface area (Å²) in [6.07, 6.45) is 0. The topological polar surface area (TPSA) is 119 Å². The molecule has 11 heteroatoms. The van der Waals surface area contributed by atoms with E-state index in [4.69, 9.17) is 9.47 Å². The number of aryl methyl sites for hydroxylation is 2. The first-order chi connectivity index (χ1) is 18.6. The number of anilines is 1. The van der Waals surface area contributed by atoms with Crippen molar-refractivity contribution in [3.8, 4) is 22.9 Å². The Bertz CT molecular complexity index is 1620. The van der Waals surface area contributed by atoms with Crippen molar-refractivity contribution in [3.63, 3.8) is 0 Å². The zero-order valence-electron chi connectivity index (χ0n) is 22.2. The maximum Gasteiger partial charge on any atom is 0.349 e. The first kappa shape index (κ1) is 27.6.